The van der Waals surface area contributed by atoms with Gasteiger partial charge in [0.05, 0.1) is 6.21 Å². The summed E-state index contributed by atoms with van der Waals surface area (Å²) in [5.74, 6) is 0.351. The number of hydrazone groups is 1. The summed E-state index contributed by atoms with van der Waals surface area (Å²) in [6, 6.07) is 33.2. The maximum Gasteiger partial charge on any atom is 0.271 e. The number of rotatable bonds is 6. The molecule has 0 radical (unpaired) electrons. The van der Waals surface area contributed by atoms with E-state index in [2.05, 4.69) is 34.8 Å². The van der Waals surface area contributed by atoms with Gasteiger partial charge in [0.1, 0.15) is 12.4 Å². The number of hydrogen-bond donors (Lipinski definition) is 1. The van der Waals surface area contributed by atoms with Gasteiger partial charge >= 0.3 is 0 Å². The van der Waals surface area contributed by atoms with Crippen molar-refractivity contribution in [1.82, 2.24) is 5.43 Å². The van der Waals surface area contributed by atoms with Crippen LogP contribution < -0.4 is 10.2 Å². The molecule has 166 valence electrons. The van der Waals surface area contributed by atoms with Crippen molar-refractivity contribution in [2.24, 2.45) is 5.10 Å². The third kappa shape index (κ3) is 4.63. The van der Waals surface area contributed by atoms with Gasteiger partial charge in [0.25, 0.3) is 5.91 Å². The molecule has 5 aromatic carbocycles. The van der Waals surface area contributed by atoms with E-state index < -0.39 is 0 Å². The van der Waals surface area contributed by atoms with Gasteiger partial charge in [0, 0.05) is 16.1 Å². The van der Waals surface area contributed by atoms with Crippen LogP contribution >= 0.6 is 11.6 Å². The van der Waals surface area contributed by atoms with Gasteiger partial charge in [-0.25, -0.2) is 5.43 Å². The van der Waals surface area contributed by atoms with Crippen LogP contribution in [0.1, 0.15) is 21.5 Å². The fourth-order valence-electron chi connectivity index (χ4n) is 3.96. The SMILES string of the molecule is O=C(N/N=C\c1c(OCc2cccc3ccccc23)ccc2ccccc12)c1cccc(Cl)c1. The van der Waals surface area contributed by atoms with Crippen LogP contribution in [-0.4, -0.2) is 12.1 Å². The summed E-state index contributed by atoms with van der Waals surface area (Å²) in [5.41, 5.74) is 4.92. The number of benzene rings is 5. The lowest BCUT2D eigenvalue weighted by molar-refractivity contribution is 0.0955. The highest BCUT2D eigenvalue weighted by atomic mass is 35.5. The molecule has 5 rings (SSSR count). The summed E-state index contributed by atoms with van der Waals surface area (Å²) in [5, 5.41) is 9.09. The van der Waals surface area contributed by atoms with Crippen molar-refractivity contribution in [3.8, 4) is 5.75 Å². The molecule has 0 fully saturated rings. The van der Waals surface area contributed by atoms with Gasteiger partial charge in [-0.05, 0) is 51.4 Å². The van der Waals surface area contributed by atoms with Crippen LogP contribution in [0.15, 0.2) is 108 Å². The largest absolute Gasteiger partial charge is 0.488 e. The lowest BCUT2D eigenvalue weighted by Crippen LogP contribution is -2.17. The van der Waals surface area contributed by atoms with Crippen molar-refractivity contribution in [2.45, 2.75) is 6.61 Å². The number of carbonyl (C=O) groups is 1. The third-order valence-corrected chi connectivity index (χ3v) is 5.88. The standard InChI is InChI=1S/C29H21ClN2O2/c30-24-12-6-10-22(17-24)29(33)32-31-18-27-26-14-4-2-8-21(26)15-16-28(27)34-19-23-11-5-9-20-7-1-3-13-25(20)23/h1-18H,19H2,(H,32,33)/b31-18-. The summed E-state index contributed by atoms with van der Waals surface area (Å²) in [7, 11) is 0. The zero-order chi connectivity index (χ0) is 23.3. The minimum absolute atomic E-state index is 0.336. The maximum atomic E-state index is 12.5. The molecule has 1 N–H and O–H groups in total. The maximum absolute atomic E-state index is 12.5. The molecule has 0 aromatic heterocycles. The predicted molar refractivity (Wildman–Crippen MR) is 139 cm³/mol. The van der Waals surface area contributed by atoms with Crippen LogP contribution in [-0.2, 0) is 6.61 Å². The van der Waals surface area contributed by atoms with Gasteiger partial charge in [0.15, 0.2) is 0 Å². The van der Waals surface area contributed by atoms with Gasteiger partial charge in [-0.15, -0.1) is 0 Å². The molecule has 0 heterocycles. The molecule has 5 heteroatoms. The lowest BCUT2D eigenvalue weighted by Gasteiger charge is -2.13. The lowest BCUT2D eigenvalue weighted by atomic mass is 10.0. The molecule has 0 spiro atoms. The number of carbonyl (C=O) groups excluding carboxylic acids is 1. The van der Waals surface area contributed by atoms with Crippen LogP contribution in [0, 0.1) is 0 Å². The van der Waals surface area contributed by atoms with E-state index in [1.54, 1.807) is 30.5 Å². The molecule has 0 aliphatic carbocycles. The van der Waals surface area contributed by atoms with Crippen LogP contribution in [0.2, 0.25) is 5.02 Å². The van der Waals surface area contributed by atoms with Crippen molar-refractivity contribution >= 4 is 45.3 Å². The summed E-state index contributed by atoms with van der Waals surface area (Å²) in [6.07, 6.45) is 1.63. The molecule has 0 aliphatic heterocycles. The molecular weight excluding hydrogens is 444 g/mol. The number of halogens is 1. The summed E-state index contributed by atoms with van der Waals surface area (Å²) in [6.45, 7) is 0.412. The van der Waals surface area contributed by atoms with Gasteiger partial charge in [-0.1, -0.05) is 90.5 Å². The van der Waals surface area contributed by atoms with E-state index in [9.17, 15) is 4.79 Å². The Morgan fingerprint density at radius 3 is 2.35 bits per heavy atom. The van der Waals surface area contributed by atoms with Crippen molar-refractivity contribution < 1.29 is 9.53 Å². The molecule has 1 amide bonds. The molecule has 0 aliphatic rings. The Morgan fingerprint density at radius 2 is 1.53 bits per heavy atom. The smallest absolute Gasteiger partial charge is 0.271 e. The monoisotopic (exact) mass is 464 g/mol. The van der Waals surface area contributed by atoms with Gasteiger partial charge in [-0.3, -0.25) is 4.79 Å². The molecule has 0 saturated carbocycles. The van der Waals surface area contributed by atoms with Crippen molar-refractivity contribution in [1.29, 1.82) is 0 Å². The van der Waals surface area contributed by atoms with E-state index >= 15 is 0 Å². The second kappa shape index (κ2) is 9.77. The van der Waals surface area contributed by atoms with Gasteiger partial charge in [0.2, 0.25) is 0 Å². The van der Waals surface area contributed by atoms with Gasteiger partial charge < -0.3 is 4.74 Å². The molecule has 0 saturated heterocycles. The van der Waals surface area contributed by atoms with Crippen LogP contribution in [0.5, 0.6) is 5.75 Å². The third-order valence-electron chi connectivity index (χ3n) is 5.64. The highest BCUT2D eigenvalue weighted by Gasteiger charge is 2.10. The highest BCUT2D eigenvalue weighted by molar-refractivity contribution is 6.31. The van der Waals surface area contributed by atoms with Crippen molar-refractivity contribution in [2.75, 3.05) is 0 Å². The molecule has 34 heavy (non-hydrogen) atoms. The number of nitrogens with zero attached hydrogens (tertiary/aromatic N) is 1. The van der Waals surface area contributed by atoms with Crippen molar-refractivity contribution in [3.63, 3.8) is 0 Å². The number of nitrogens with one attached hydrogen (secondary N) is 1. The summed E-state index contributed by atoms with van der Waals surface area (Å²) >= 11 is 5.99. The first-order valence-corrected chi connectivity index (χ1v) is 11.3. The quantitative estimate of drug-likeness (QED) is 0.217. The predicted octanol–water partition coefficient (Wildman–Crippen LogP) is 6.99. The number of fused-ring (bicyclic) bond motifs is 2. The average molecular weight is 465 g/mol. The van der Waals surface area contributed by atoms with E-state index in [1.807, 2.05) is 54.6 Å². The Balaban J connectivity index is 1.43. The Morgan fingerprint density at radius 1 is 0.824 bits per heavy atom. The normalized spacial score (nSPS) is 11.2. The number of amides is 1. The minimum Gasteiger partial charge on any atom is -0.488 e. The molecule has 5 aromatic rings. The first kappa shape index (κ1) is 21.7. The Bertz CT molecular complexity index is 1520. The topological polar surface area (TPSA) is 50.7 Å². The van der Waals surface area contributed by atoms with Gasteiger partial charge in [-0.2, -0.15) is 5.10 Å². The highest BCUT2D eigenvalue weighted by Crippen LogP contribution is 2.28. The zero-order valence-electron chi connectivity index (χ0n) is 18.2. The van der Waals surface area contributed by atoms with Crippen LogP contribution in [0.3, 0.4) is 0 Å². The fraction of sp³-hybridized carbons (Fsp3) is 0.0345. The van der Waals surface area contributed by atoms with E-state index in [0.29, 0.717) is 22.9 Å². The second-order valence-corrected chi connectivity index (χ2v) is 8.27. The van der Waals surface area contributed by atoms with E-state index in [4.69, 9.17) is 16.3 Å². The Labute approximate surface area is 202 Å². The average Bonchev–Trinajstić information content (AvgIpc) is 2.88. The molecular formula is C29H21ClN2O2. The van der Waals surface area contributed by atoms with Crippen LogP contribution in [0.4, 0.5) is 0 Å². The molecule has 4 nitrogen and oxygen atoms in total. The van der Waals surface area contributed by atoms with E-state index in [-0.39, 0.29) is 5.91 Å². The second-order valence-electron chi connectivity index (χ2n) is 7.83. The molecule has 0 unspecified atom stereocenters. The Hall–Kier alpha value is -4.15. The summed E-state index contributed by atoms with van der Waals surface area (Å²) in [4.78, 5) is 12.5. The molecule has 0 atom stereocenters. The first-order valence-electron chi connectivity index (χ1n) is 10.9. The van der Waals surface area contributed by atoms with Crippen LogP contribution in [0.25, 0.3) is 21.5 Å². The van der Waals surface area contributed by atoms with E-state index in [1.165, 1.54) is 5.39 Å². The zero-order valence-corrected chi connectivity index (χ0v) is 19.0. The first-order chi connectivity index (χ1) is 16.7. The fourth-order valence-corrected chi connectivity index (χ4v) is 4.15. The minimum atomic E-state index is -0.336. The summed E-state index contributed by atoms with van der Waals surface area (Å²) < 4.78 is 6.28. The molecule has 0 bridgehead atoms. The van der Waals surface area contributed by atoms with Crippen molar-refractivity contribution in [3.05, 3.63) is 125 Å². The number of hydrogen-bond acceptors (Lipinski definition) is 3. The van der Waals surface area contributed by atoms with E-state index in [0.717, 1.165) is 27.3 Å². The Kier molecular flexibility index (Phi) is 6.23. The number of ether oxygens (including phenoxy) is 1.